The van der Waals surface area contributed by atoms with E-state index in [9.17, 15) is 0 Å². The number of hydrogen-bond acceptors (Lipinski definition) is 2. The fourth-order valence-corrected chi connectivity index (χ4v) is 2.60. The molecule has 0 radical (unpaired) electrons. The van der Waals surface area contributed by atoms with Crippen molar-refractivity contribution in [2.45, 2.75) is 53.1 Å². The van der Waals surface area contributed by atoms with Gasteiger partial charge in [0, 0.05) is 12.1 Å². The molecule has 0 saturated carbocycles. The normalized spacial score (nSPS) is 11.4. The topological polar surface area (TPSA) is 21.3 Å². The van der Waals surface area contributed by atoms with Gasteiger partial charge in [-0.25, -0.2) is 0 Å². The third-order valence-electron chi connectivity index (χ3n) is 2.96. The Labute approximate surface area is 136 Å². The minimum absolute atomic E-state index is 0. The zero-order valence-corrected chi connectivity index (χ0v) is 14.6. The molecule has 0 aliphatic rings. The van der Waals surface area contributed by atoms with Gasteiger partial charge in [-0.05, 0) is 43.4 Å². The summed E-state index contributed by atoms with van der Waals surface area (Å²) in [4.78, 5) is 0. The quantitative estimate of drug-likeness (QED) is 0.785. The van der Waals surface area contributed by atoms with E-state index < -0.39 is 0 Å². The van der Waals surface area contributed by atoms with Crippen LogP contribution in [0.25, 0.3) is 0 Å². The van der Waals surface area contributed by atoms with Crippen molar-refractivity contribution < 1.29 is 4.74 Å². The van der Waals surface area contributed by atoms with Crippen LogP contribution in [-0.4, -0.2) is 12.1 Å². The highest BCUT2D eigenvalue weighted by molar-refractivity contribution is 5.85. The van der Waals surface area contributed by atoms with E-state index in [0.29, 0.717) is 12.0 Å². The first-order valence-electron chi connectivity index (χ1n) is 7.12. The van der Waals surface area contributed by atoms with E-state index in [4.69, 9.17) is 11.2 Å². The molecular formula is C18H28ClNO. The van der Waals surface area contributed by atoms with Crippen LogP contribution in [0.2, 0.25) is 0 Å². The molecule has 1 aromatic rings. The minimum Gasteiger partial charge on any atom is -0.481 e. The van der Waals surface area contributed by atoms with Gasteiger partial charge in [0.05, 0.1) is 0 Å². The second-order valence-corrected chi connectivity index (χ2v) is 7.12. The number of nitrogens with one attached hydrogen (secondary N) is 1. The Kier molecular flexibility index (Phi) is 7.85. The van der Waals surface area contributed by atoms with Crippen molar-refractivity contribution in [1.29, 1.82) is 0 Å². The molecule has 0 heterocycles. The van der Waals surface area contributed by atoms with Gasteiger partial charge in [-0.3, -0.25) is 0 Å². The largest absolute Gasteiger partial charge is 0.481 e. The summed E-state index contributed by atoms with van der Waals surface area (Å²) in [7, 11) is 0. The summed E-state index contributed by atoms with van der Waals surface area (Å²) in [5.74, 6) is 3.31. The summed E-state index contributed by atoms with van der Waals surface area (Å²) >= 11 is 0. The maximum absolute atomic E-state index is 5.44. The fraction of sp³-hybridized carbons (Fsp3) is 0.556. The second-order valence-electron chi connectivity index (χ2n) is 7.12. The number of halogens is 1. The Morgan fingerprint density at radius 3 is 2.43 bits per heavy atom. The minimum atomic E-state index is 0. The third kappa shape index (κ3) is 8.65. The molecule has 3 heteroatoms. The summed E-state index contributed by atoms with van der Waals surface area (Å²) in [6.45, 7) is 12.4. The molecule has 0 aliphatic carbocycles. The van der Waals surface area contributed by atoms with E-state index in [1.54, 1.807) is 0 Å². The Hall–Kier alpha value is -1.17. The molecule has 0 atom stereocenters. The van der Waals surface area contributed by atoms with Crippen LogP contribution in [0.15, 0.2) is 24.3 Å². The van der Waals surface area contributed by atoms with Gasteiger partial charge in [-0.1, -0.05) is 38.8 Å². The van der Waals surface area contributed by atoms with Gasteiger partial charge in [0.2, 0.25) is 0 Å². The van der Waals surface area contributed by atoms with Crippen LogP contribution in [0.5, 0.6) is 5.75 Å². The molecule has 0 aliphatic heterocycles. The zero-order chi connectivity index (χ0) is 15.2. The van der Waals surface area contributed by atoms with Gasteiger partial charge in [0.15, 0.2) is 0 Å². The first-order chi connectivity index (χ1) is 9.22. The van der Waals surface area contributed by atoms with Crippen LogP contribution >= 0.6 is 12.4 Å². The van der Waals surface area contributed by atoms with Crippen molar-refractivity contribution in [3.63, 3.8) is 0 Å². The van der Waals surface area contributed by atoms with Gasteiger partial charge < -0.3 is 10.1 Å². The average Bonchev–Trinajstić information content (AvgIpc) is 2.32. The van der Waals surface area contributed by atoms with Crippen LogP contribution in [0.1, 0.15) is 46.6 Å². The molecule has 0 amide bonds. The SMILES string of the molecule is C#CCOc1cccc(CNC(C)(C)CC(C)(C)C)c1.Cl. The van der Waals surface area contributed by atoms with Crippen molar-refractivity contribution in [3.8, 4) is 18.1 Å². The molecule has 0 fully saturated rings. The summed E-state index contributed by atoms with van der Waals surface area (Å²) in [5.41, 5.74) is 1.63. The molecule has 1 N–H and O–H groups in total. The Balaban J connectivity index is 0.00000400. The predicted molar refractivity (Wildman–Crippen MR) is 93.0 cm³/mol. The molecule has 118 valence electrons. The van der Waals surface area contributed by atoms with Gasteiger partial charge in [-0.2, -0.15) is 0 Å². The average molecular weight is 310 g/mol. The molecule has 1 rings (SSSR count). The monoisotopic (exact) mass is 309 g/mol. The van der Waals surface area contributed by atoms with Crippen LogP contribution in [0.3, 0.4) is 0 Å². The van der Waals surface area contributed by atoms with E-state index in [1.807, 2.05) is 18.2 Å². The van der Waals surface area contributed by atoms with Crippen molar-refractivity contribution in [2.75, 3.05) is 6.61 Å². The lowest BCUT2D eigenvalue weighted by Crippen LogP contribution is -2.41. The number of ether oxygens (including phenoxy) is 1. The van der Waals surface area contributed by atoms with E-state index in [0.717, 1.165) is 18.7 Å². The number of terminal acetylenes is 1. The molecule has 0 saturated heterocycles. The molecular weight excluding hydrogens is 282 g/mol. The molecule has 21 heavy (non-hydrogen) atoms. The summed E-state index contributed by atoms with van der Waals surface area (Å²) < 4.78 is 5.44. The van der Waals surface area contributed by atoms with Crippen LogP contribution in [0, 0.1) is 17.8 Å². The highest BCUT2D eigenvalue weighted by Gasteiger charge is 2.24. The Morgan fingerprint density at radius 2 is 1.86 bits per heavy atom. The lowest BCUT2D eigenvalue weighted by atomic mass is 9.82. The van der Waals surface area contributed by atoms with Crippen molar-refractivity contribution in [3.05, 3.63) is 29.8 Å². The van der Waals surface area contributed by atoms with Crippen LogP contribution in [0.4, 0.5) is 0 Å². The van der Waals surface area contributed by atoms with Gasteiger partial charge in [0.1, 0.15) is 12.4 Å². The van der Waals surface area contributed by atoms with Crippen molar-refractivity contribution >= 4 is 12.4 Å². The highest BCUT2D eigenvalue weighted by Crippen LogP contribution is 2.27. The predicted octanol–water partition coefficient (Wildman–Crippen LogP) is 4.42. The zero-order valence-electron chi connectivity index (χ0n) is 13.8. The first-order valence-corrected chi connectivity index (χ1v) is 7.12. The van der Waals surface area contributed by atoms with E-state index in [-0.39, 0.29) is 17.9 Å². The molecule has 0 aromatic heterocycles. The highest BCUT2D eigenvalue weighted by atomic mass is 35.5. The number of hydrogen-bond donors (Lipinski definition) is 1. The number of rotatable bonds is 6. The van der Waals surface area contributed by atoms with Crippen molar-refractivity contribution in [1.82, 2.24) is 5.32 Å². The molecule has 0 spiro atoms. The lowest BCUT2D eigenvalue weighted by Gasteiger charge is -2.33. The standard InChI is InChI=1S/C18H27NO.ClH/c1-7-11-20-16-10-8-9-15(12-16)13-19-18(5,6)14-17(2,3)4;/h1,8-10,12,19H,11,13-14H2,2-6H3;1H. The smallest absolute Gasteiger partial charge is 0.148 e. The Bertz CT molecular complexity index is 469. The van der Waals surface area contributed by atoms with Crippen LogP contribution in [-0.2, 0) is 6.54 Å². The second kappa shape index (κ2) is 8.32. The van der Waals surface area contributed by atoms with E-state index in [2.05, 4.69) is 51.9 Å². The summed E-state index contributed by atoms with van der Waals surface area (Å²) in [5, 5.41) is 3.62. The number of benzene rings is 1. The maximum atomic E-state index is 5.44. The first kappa shape index (κ1) is 19.8. The van der Waals surface area contributed by atoms with Gasteiger partial charge >= 0.3 is 0 Å². The molecule has 0 bridgehead atoms. The lowest BCUT2D eigenvalue weighted by molar-refractivity contribution is 0.240. The third-order valence-corrected chi connectivity index (χ3v) is 2.96. The summed E-state index contributed by atoms with van der Waals surface area (Å²) in [6, 6.07) is 8.07. The van der Waals surface area contributed by atoms with Crippen LogP contribution < -0.4 is 10.1 Å². The van der Waals surface area contributed by atoms with E-state index >= 15 is 0 Å². The van der Waals surface area contributed by atoms with Gasteiger partial charge in [0.25, 0.3) is 0 Å². The molecule has 2 nitrogen and oxygen atoms in total. The Morgan fingerprint density at radius 1 is 1.19 bits per heavy atom. The molecule has 0 unspecified atom stereocenters. The van der Waals surface area contributed by atoms with E-state index in [1.165, 1.54) is 5.56 Å². The van der Waals surface area contributed by atoms with Crippen molar-refractivity contribution in [2.24, 2.45) is 5.41 Å². The fourth-order valence-electron chi connectivity index (χ4n) is 2.60. The molecule has 1 aromatic carbocycles. The van der Waals surface area contributed by atoms with Gasteiger partial charge in [-0.15, -0.1) is 18.8 Å². The maximum Gasteiger partial charge on any atom is 0.148 e. The summed E-state index contributed by atoms with van der Waals surface area (Å²) in [6.07, 6.45) is 6.32.